The molecule has 0 aliphatic rings. The van der Waals surface area contributed by atoms with Crippen LogP contribution in [0.15, 0.2) is 24.7 Å². The van der Waals surface area contributed by atoms with Gasteiger partial charge >= 0.3 is 5.97 Å². The first-order valence-electron chi connectivity index (χ1n) is 7.35. The fraction of sp³-hybridized carbons (Fsp3) is 0.438. The highest BCUT2D eigenvalue weighted by Crippen LogP contribution is 2.18. The molecule has 124 valence electrons. The summed E-state index contributed by atoms with van der Waals surface area (Å²) in [4.78, 5) is 19.9. The minimum absolute atomic E-state index is 0.184. The fourth-order valence-corrected chi connectivity index (χ4v) is 2.24. The maximum absolute atomic E-state index is 11.4. The molecule has 7 nitrogen and oxygen atoms in total. The van der Waals surface area contributed by atoms with Gasteiger partial charge in [-0.2, -0.15) is 0 Å². The standard InChI is InChI=1S/C16H22N4O3/c1-10-18-9-12-8-13(15(21)22)20(14(12)19-10)7-6-17-11(2)23-16(3,4)5/h8-9,17H,2,6-7H2,1,3-5H3,(H,21,22). The zero-order valence-electron chi connectivity index (χ0n) is 13.9. The van der Waals surface area contributed by atoms with Crippen LogP contribution >= 0.6 is 0 Å². The van der Waals surface area contributed by atoms with Gasteiger partial charge < -0.3 is 19.7 Å². The van der Waals surface area contributed by atoms with Gasteiger partial charge in [0.15, 0.2) is 5.88 Å². The molecule has 2 aromatic heterocycles. The monoisotopic (exact) mass is 318 g/mol. The largest absolute Gasteiger partial charge is 0.477 e. The SMILES string of the molecule is C=C(NCCn1c(C(=O)O)cc2cnc(C)nc21)OC(C)(C)C. The third-order valence-corrected chi connectivity index (χ3v) is 3.06. The lowest BCUT2D eigenvalue weighted by Crippen LogP contribution is -2.27. The first-order valence-corrected chi connectivity index (χ1v) is 7.35. The molecule has 0 spiro atoms. The van der Waals surface area contributed by atoms with Crippen LogP contribution in [0.4, 0.5) is 0 Å². The predicted molar refractivity (Wildman–Crippen MR) is 87.2 cm³/mol. The maximum atomic E-state index is 11.4. The smallest absolute Gasteiger partial charge is 0.352 e. The van der Waals surface area contributed by atoms with E-state index in [-0.39, 0.29) is 11.3 Å². The Morgan fingerprint density at radius 2 is 2.17 bits per heavy atom. The highest BCUT2D eigenvalue weighted by Gasteiger charge is 2.16. The molecule has 0 atom stereocenters. The molecule has 0 saturated carbocycles. The Morgan fingerprint density at radius 3 is 2.78 bits per heavy atom. The van der Waals surface area contributed by atoms with Crippen LogP contribution in [0.3, 0.4) is 0 Å². The van der Waals surface area contributed by atoms with Crippen molar-refractivity contribution < 1.29 is 14.6 Å². The lowest BCUT2D eigenvalue weighted by atomic mass is 10.2. The number of carbonyl (C=O) groups is 1. The van der Waals surface area contributed by atoms with Crippen molar-refractivity contribution in [2.45, 2.75) is 39.8 Å². The number of carboxylic acid groups (broad SMARTS) is 1. The molecule has 0 aromatic carbocycles. The van der Waals surface area contributed by atoms with Gasteiger partial charge in [0.1, 0.15) is 22.8 Å². The Labute approximate surface area is 135 Å². The molecule has 2 rings (SSSR count). The summed E-state index contributed by atoms with van der Waals surface area (Å²) >= 11 is 0. The normalized spacial score (nSPS) is 11.5. The molecule has 2 N–H and O–H groups in total. The van der Waals surface area contributed by atoms with Crippen LogP contribution in [-0.2, 0) is 11.3 Å². The number of nitrogens with one attached hydrogen (secondary N) is 1. The van der Waals surface area contributed by atoms with Gasteiger partial charge in [-0.1, -0.05) is 0 Å². The van der Waals surface area contributed by atoms with Crippen molar-refractivity contribution in [3.63, 3.8) is 0 Å². The molecule has 0 unspecified atom stereocenters. The van der Waals surface area contributed by atoms with Gasteiger partial charge in [0.05, 0.1) is 0 Å². The van der Waals surface area contributed by atoms with E-state index in [2.05, 4.69) is 21.9 Å². The summed E-state index contributed by atoms with van der Waals surface area (Å²) in [5, 5.41) is 13.1. The molecular formula is C16H22N4O3. The molecule has 0 radical (unpaired) electrons. The van der Waals surface area contributed by atoms with Crippen molar-refractivity contribution in [1.29, 1.82) is 0 Å². The number of aryl methyl sites for hydroxylation is 1. The second-order valence-electron chi connectivity index (χ2n) is 6.25. The Balaban J connectivity index is 2.15. The fourth-order valence-electron chi connectivity index (χ4n) is 2.24. The van der Waals surface area contributed by atoms with E-state index in [0.29, 0.717) is 35.8 Å². The van der Waals surface area contributed by atoms with Gasteiger partial charge in [-0.25, -0.2) is 14.8 Å². The summed E-state index contributed by atoms with van der Waals surface area (Å²) in [6.45, 7) is 12.3. The molecule has 0 aliphatic carbocycles. The number of hydrogen-bond acceptors (Lipinski definition) is 5. The highest BCUT2D eigenvalue weighted by atomic mass is 16.5. The summed E-state index contributed by atoms with van der Waals surface area (Å²) < 4.78 is 7.24. The summed E-state index contributed by atoms with van der Waals surface area (Å²) in [7, 11) is 0. The van der Waals surface area contributed by atoms with E-state index in [1.807, 2.05) is 20.8 Å². The Hall–Kier alpha value is -2.57. The molecule has 0 aliphatic heterocycles. The van der Waals surface area contributed by atoms with Crippen molar-refractivity contribution in [3.8, 4) is 0 Å². The van der Waals surface area contributed by atoms with Crippen LogP contribution in [0.25, 0.3) is 11.0 Å². The number of carboxylic acids is 1. The van der Waals surface area contributed by atoms with Gasteiger partial charge in [0, 0.05) is 24.7 Å². The Morgan fingerprint density at radius 1 is 1.48 bits per heavy atom. The average Bonchev–Trinajstić information content (AvgIpc) is 2.75. The summed E-state index contributed by atoms with van der Waals surface area (Å²) in [6, 6.07) is 1.58. The number of aromatic carboxylic acids is 1. The van der Waals surface area contributed by atoms with Crippen molar-refractivity contribution >= 4 is 17.0 Å². The maximum Gasteiger partial charge on any atom is 0.352 e. The second kappa shape index (κ2) is 6.28. The van der Waals surface area contributed by atoms with E-state index in [9.17, 15) is 9.90 Å². The number of ether oxygens (including phenoxy) is 1. The van der Waals surface area contributed by atoms with Gasteiger partial charge in [-0.05, 0) is 40.3 Å². The summed E-state index contributed by atoms with van der Waals surface area (Å²) in [5.74, 6) is 0.0595. The van der Waals surface area contributed by atoms with Crippen molar-refractivity contribution in [3.05, 3.63) is 36.2 Å². The van der Waals surface area contributed by atoms with Crippen LogP contribution in [0, 0.1) is 6.92 Å². The quantitative estimate of drug-likeness (QED) is 0.795. The van der Waals surface area contributed by atoms with Crippen LogP contribution in [0.2, 0.25) is 0 Å². The molecule has 0 saturated heterocycles. The topological polar surface area (TPSA) is 89.3 Å². The van der Waals surface area contributed by atoms with Crippen LogP contribution < -0.4 is 5.32 Å². The summed E-state index contributed by atoms with van der Waals surface area (Å²) in [5.41, 5.74) is 0.462. The van der Waals surface area contributed by atoms with Gasteiger partial charge in [0.25, 0.3) is 0 Å². The van der Waals surface area contributed by atoms with Crippen molar-refractivity contribution in [2.24, 2.45) is 0 Å². The van der Waals surface area contributed by atoms with E-state index in [1.165, 1.54) is 0 Å². The van der Waals surface area contributed by atoms with Gasteiger partial charge in [-0.15, -0.1) is 0 Å². The van der Waals surface area contributed by atoms with E-state index < -0.39 is 5.97 Å². The first-order chi connectivity index (χ1) is 10.7. The Kier molecular flexibility index (Phi) is 4.58. The van der Waals surface area contributed by atoms with Crippen LogP contribution in [0.5, 0.6) is 0 Å². The third-order valence-electron chi connectivity index (χ3n) is 3.06. The molecule has 23 heavy (non-hydrogen) atoms. The van der Waals surface area contributed by atoms with E-state index in [4.69, 9.17) is 4.74 Å². The van der Waals surface area contributed by atoms with Crippen molar-refractivity contribution in [2.75, 3.05) is 6.54 Å². The van der Waals surface area contributed by atoms with E-state index >= 15 is 0 Å². The predicted octanol–water partition coefficient (Wildman–Crippen LogP) is 2.31. The molecule has 7 heteroatoms. The first kappa shape index (κ1) is 16.8. The zero-order chi connectivity index (χ0) is 17.2. The zero-order valence-corrected chi connectivity index (χ0v) is 13.9. The van der Waals surface area contributed by atoms with E-state index in [0.717, 1.165) is 0 Å². The molecule has 0 amide bonds. The number of rotatable bonds is 6. The van der Waals surface area contributed by atoms with E-state index in [1.54, 1.807) is 23.8 Å². The highest BCUT2D eigenvalue weighted by molar-refractivity contribution is 5.93. The van der Waals surface area contributed by atoms with Gasteiger partial charge in [0.2, 0.25) is 0 Å². The average molecular weight is 318 g/mol. The number of nitrogens with zero attached hydrogens (tertiary/aromatic N) is 3. The van der Waals surface area contributed by atoms with Crippen molar-refractivity contribution in [1.82, 2.24) is 19.9 Å². The molecule has 0 bridgehead atoms. The lowest BCUT2D eigenvalue weighted by molar-refractivity contribution is 0.0414. The second-order valence-corrected chi connectivity index (χ2v) is 6.25. The summed E-state index contributed by atoms with van der Waals surface area (Å²) in [6.07, 6.45) is 1.63. The molecule has 0 fully saturated rings. The lowest BCUT2D eigenvalue weighted by Gasteiger charge is -2.23. The number of hydrogen-bond donors (Lipinski definition) is 2. The van der Waals surface area contributed by atoms with Crippen LogP contribution in [-0.4, -0.2) is 37.8 Å². The third kappa shape index (κ3) is 4.21. The molecular weight excluding hydrogens is 296 g/mol. The minimum Gasteiger partial charge on any atom is -0.477 e. The number of fused-ring (bicyclic) bond motifs is 1. The Bertz CT molecular complexity index is 744. The number of aromatic nitrogens is 3. The minimum atomic E-state index is -0.995. The molecule has 2 heterocycles. The van der Waals surface area contributed by atoms with Crippen LogP contribution in [0.1, 0.15) is 37.1 Å². The van der Waals surface area contributed by atoms with Gasteiger partial charge in [-0.3, -0.25) is 0 Å². The molecule has 2 aromatic rings.